The third kappa shape index (κ3) is 1.54. The zero-order chi connectivity index (χ0) is 10.3. The number of hydrogen-bond acceptors (Lipinski definition) is 1. The molecule has 1 nitrogen and oxygen atoms in total. The van der Waals surface area contributed by atoms with Crippen LogP contribution in [-0.2, 0) is 4.79 Å². The first-order valence-corrected chi connectivity index (χ1v) is 4.55. The number of hydrogen-bond donors (Lipinski definition) is 0. The second-order valence-electron chi connectivity index (χ2n) is 3.73. The summed E-state index contributed by atoms with van der Waals surface area (Å²) in [4.78, 5) is 11.0. The lowest BCUT2D eigenvalue weighted by molar-refractivity contribution is -0.118. The topological polar surface area (TPSA) is 17.1 Å². The van der Waals surface area contributed by atoms with Crippen LogP contribution in [0.25, 0.3) is 0 Å². The van der Waals surface area contributed by atoms with Gasteiger partial charge in [-0.1, -0.05) is 6.07 Å². The molecule has 0 unspecified atom stereocenters. The maximum Gasteiger partial charge on any atom is 0.133 e. The van der Waals surface area contributed by atoms with E-state index in [0.717, 1.165) is 6.07 Å². The van der Waals surface area contributed by atoms with Gasteiger partial charge >= 0.3 is 0 Å². The van der Waals surface area contributed by atoms with E-state index >= 15 is 0 Å². The number of Topliss-reactive ketones (excluding diaryl/α,β-unsaturated/α-hetero) is 1. The molecule has 2 atom stereocenters. The van der Waals surface area contributed by atoms with Gasteiger partial charge in [-0.25, -0.2) is 8.78 Å². The van der Waals surface area contributed by atoms with Crippen molar-refractivity contribution < 1.29 is 13.6 Å². The quantitative estimate of drug-likeness (QED) is 0.710. The molecule has 0 N–H and O–H groups in total. The molecule has 0 saturated heterocycles. The van der Waals surface area contributed by atoms with Gasteiger partial charge in [0.2, 0.25) is 0 Å². The molecule has 0 amide bonds. The summed E-state index contributed by atoms with van der Waals surface area (Å²) in [6.07, 6.45) is 0.692. The fourth-order valence-electron chi connectivity index (χ4n) is 1.79. The van der Waals surface area contributed by atoms with Crippen molar-refractivity contribution in [3.63, 3.8) is 0 Å². The largest absolute Gasteiger partial charge is 0.300 e. The Morgan fingerprint density at radius 2 is 2.14 bits per heavy atom. The van der Waals surface area contributed by atoms with E-state index in [1.165, 1.54) is 19.1 Å². The lowest BCUT2D eigenvalue weighted by Crippen LogP contribution is -1.97. The molecule has 0 spiro atoms. The molecular weight excluding hydrogens is 186 g/mol. The first kappa shape index (κ1) is 9.31. The predicted octanol–water partition coefficient (Wildman–Crippen LogP) is 2.66. The van der Waals surface area contributed by atoms with Gasteiger partial charge in [0.05, 0.1) is 0 Å². The molecule has 1 fully saturated rings. The van der Waals surface area contributed by atoms with Gasteiger partial charge in [-0.2, -0.15) is 0 Å². The third-order valence-corrected chi connectivity index (χ3v) is 2.67. The van der Waals surface area contributed by atoms with Crippen LogP contribution in [0.5, 0.6) is 0 Å². The molecule has 1 aromatic carbocycles. The molecule has 0 heterocycles. The van der Waals surface area contributed by atoms with Crippen molar-refractivity contribution in [2.24, 2.45) is 5.92 Å². The van der Waals surface area contributed by atoms with Crippen LogP contribution < -0.4 is 0 Å². The molecular formula is C11H10F2O. The van der Waals surface area contributed by atoms with Crippen molar-refractivity contribution in [1.29, 1.82) is 0 Å². The smallest absolute Gasteiger partial charge is 0.133 e. The second-order valence-corrected chi connectivity index (χ2v) is 3.73. The van der Waals surface area contributed by atoms with Gasteiger partial charge in [-0.15, -0.1) is 0 Å². The van der Waals surface area contributed by atoms with E-state index in [4.69, 9.17) is 0 Å². The van der Waals surface area contributed by atoms with Gasteiger partial charge in [0.15, 0.2) is 0 Å². The average Bonchev–Trinajstić information content (AvgIpc) is 2.83. The van der Waals surface area contributed by atoms with E-state index < -0.39 is 11.6 Å². The minimum Gasteiger partial charge on any atom is -0.300 e. The van der Waals surface area contributed by atoms with Gasteiger partial charge in [0.25, 0.3) is 0 Å². The van der Waals surface area contributed by atoms with Crippen molar-refractivity contribution in [3.8, 4) is 0 Å². The Labute approximate surface area is 80.7 Å². The average molecular weight is 196 g/mol. The van der Waals surface area contributed by atoms with Crippen LogP contribution >= 0.6 is 0 Å². The van der Waals surface area contributed by atoms with E-state index in [-0.39, 0.29) is 17.6 Å². The standard InChI is InChI=1S/C11H10F2O/c1-6(14)9-5-10(9)8-3-2-7(12)4-11(8)13/h2-4,9-10H,5H2,1H3/t9-,10+/m0/s1. The van der Waals surface area contributed by atoms with Crippen molar-refractivity contribution in [2.45, 2.75) is 19.3 Å². The van der Waals surface area contributed by atoms with Gasteiger partial charge in [-0.3, -0.25) is 4.79 Å². The Kier molecular flexibility index (Phi) is 2.10. The molecule has 0 aliphatic heterocycles. The van der Waals surface area contributed by atoms with Crippen LogP contribution in [-0.4, -0.2) is 5.78 Å². The van der Waals surface area contributed by atoms with Crippen LogP contribution in [0, 0.1) is 17.6 Å². The zero-order valence-electron chi connectivity index (χ0n) is 7.76. The van der Waals surface area contributed by atoms with Crippen molar-refractivity contribution in [2.75, 3.05) is 0 Å². The first-order valence-electron chi connectivity index (χ1n) is 4.55. The number of halogens is 2. The Bertz CT molecular complexity index is 387. The molecule has 1 aromatic rings. The van der Waals surface area contributed by atoms with Crippen LogP contribution in [0.1, 0.15) is 24.8 Å². The molecule has 74 valence electrons. The number of ketones is 1. The fourth-order valence-corrected chi connectivity index (χ4v) is 1.79. The summed E-state index contributed by atoms with van der Waals surface area (Å²) in [6.45, 7) is 1.51. The van der Waals surface area contributed by atoms with E-state index in [1.54, 1.807) is 0 Å². The molecule has 0 radical (unpaired) electrons. The highest BCUT2D eigenvalue weighted by Gasteiger charge is 2.42. The summed E-state index contributed by atoms with van der Waals surface area (Å²) >= 11 is 0. The number of carbonyl (C=O) groups excluding carboxylic acids is 1. The molecule has 0 bridgehead atoms. The monoisotopic (exact) mass is 196 g/mol. The third-order valence-electron chi connectivity index (χ3n) is 2.67. The lowest BCUT2D eigenvalue weighted by atomic mass is 10.1. The van der Waals surface area contributed by atoms with E-state index in [0.29, 0.717) is 12.0 Å². The molecule has 1 aliphatic carbocycles. The van der Waals surface area contributed by atoms with E-state index in [1.807, 2.05) is 0 Å². The Morgan fingerprint density at radius 1 is 1.43 bits per heavy atom. The van der Waals surface area contributed by atoms with Crippen LogP contribution in [0.15, 0.2) is 18.2 Å². The molecule has 1 saturated carbocycles. The lowest BCUT2D eigenvalue weighted by Gasteiger charge is -2.00. The number of carbonyl (C=O) groups is 1. The highest BCUT2D eigenvalue weighted by Crippen LogP contribution is 2.48. The van der Waals surface area contributed by atoms with Crippen molar-refractivity contribution >= 4 is 5.78 Å². The molecule has 1 aliphatic rings. The van der Waals surface area contributed by atoms with Gasteiger partial charge < -0.3 is 0 Å². The fraction of sp³-hybridized carbons (Fsp3) is 0.364. The Morgan fingerprint density at radius 3 is 2.64 bits per heavy atom. The second kappa shape index (κ2) is 3.15. The maximum atomic E-state index is 13.2. The minimum absolute atomic E-state index is 0.0342. The highest BCUT2D eigenvalue weighted by atomic mass is 19.1. The molecule has 14 heavy (non-hydrogen) atoms. The number of rotatable bonds is 2. The summed E-state index contributed by atoms with van der Waals surface area (Å²) in [6, 6.07) is 3.52. The van der Waals surface area contributed by atoms with Gasteiger partial charge in [-0.05, 0) is 30.9 Å². The Hall–Kier alpha value is -1.25. The van der Waals surface area contributed by atoms with E-state index in [2.05, 4.69) is 0 Å². The predicted molar refractivity (Wildman–Crippen MR) is 47.9 cm³/mol. The SMILES string of the molecule is CC(=O)[C@@H]1C[C@@H]1c1ccc(F)cc1F. The summed E-state index contributed by atoms with van der Waals surface area (Å²) in [7, 11) is 0. The van der Waals surface area contributed by atoms with Gasteiger partial charge in [0, 0.05) is 12.0 Å². The van der Waals surface area contributed by atoms with Crippen LogP contribution in [0.3, 0.4) is 0 Å². The van der Waals surface area contributed by atoms with E-state index in [9.17, 15) is 13.6 Å². The summed E-state index contributed by atoms with van der Waals surface area (Å²) in [5.74, 6) is -1.13. The minimum atomic E-state index is -0.578. The molecule has 2 rings (SSSR count). The molecule has 3 heteroatoms. The molecule has 0 aromatic heterocycles. The number of benzene rings is 1. The summed E-state index contributed by atoms with van der Waals surface area (Å²) in [5.41, 5.74) is 0.464. The normalized spacial score (nSPS) is 24.8. The summed E-state index contributed by atoms with van der Waals surface area (Å²) in [5, 5.41) is 0. The van der Waals surface area contributed by atoms with Crippen LogP contribution in [0.4, 0.5) is 8.78 Å². The maximum absolute atomic E-state index is 13.2. The van der Waals surface area contributed by atoms with Gasteiger partial charge in [0.1, 0.15) is 17.4 Å². The van der Waals surface area contributed by atoms with Crippen molar-refractivity contribution in [3.05, 3.63) is 35.4 Å². The van der Waals surface area contributed by atoms with Crippen molar-refractivity contribution in [1.82, 2.24) is 0 Å². The highest BCUT2D eigenvalue weighted by molar-refractivity contribution is 5.82. The zero-order valence-corrected chi connectivity index (χ0v) is 7.76. The first-order chi connectivity index (χ1) is 6.59. The Balaban J connectivity index is 2.23. The van der Waals surface area contributed by atoms with Crippen LogP contribution in [0.2, 0.25) is 0 Å². The summed E-state index contributed by atoms with van der Waals surface area (Å²) < 4.78 is 25.8.